The first-order chi connectivity index (χ1) is 5.65. The molecule has 0 fully saturated rings. The van der Waals surface area contributed by atoms with Crippen molar-refractivity contribution in [3.05, 3.63) is 34.6 Å². The van der Waals surface area contributed by atoms with Crippen LogP contribution < -0.4 is 0 Å². The molecule has 64 valence electrons. The first-order valence-corrected chi connectivity index (χ1v) is 3.57. The summed E-state index contributed by atoms with van der Waals surface area (Å²) in [6, 6.07) is 3.17. The molecular formula is C8H5ClF2O. The van der Waals surface area contributed by atoms with E-state index >= 15 is 0 Å². The molecular weight excluding hydrogens is 186 g/mol. The average Bonchev–Trinajstić information content (AvgIpc) is 2.03. The molecule has 0 aliphatic rings. The van der Waals surface area contributed by atoms with E-state index in [9.17, 15) is 13.6 Å². The zero-order valence-corrected chi connectivity index (χ0v) is 6.68. The second kappa shape index (κ2) is 3.63. The number of hydrogen-bond acceptors (Lipinski definition) is 1. The van der Waals surface area contributed by atoms with Crippen LogP contribution in [-0.2, 0) is 4.79 Å². The molecule has 0 heterocycles. The van der Waals surface area contributed by atoms with E-state index in [4.69, 9.17) is 11.6 Å². The van der Waals surface area contributed by atoms with Gasteiger partial charge in [0.25, 0.3) is 0 Å². The second-order valence-electron chi connectivity index (χ2n) is 2.20. The lowest BCUT2D eigenvalue weighted by molar-refractivity contribution is -0.112. The number of aldehydes is 1. The van der Waals surface area contributed by atoms with E-state index in [1.54, 1.807) is 0 Å². The molecule has 12 heavy (non-hydrogen) atoms. The number of carbonyl (C=O) groups is 1. The predicted molar refractivity (Wildman–Crippen MR) is 41.3 cm³/mol. The van der Waals surface area contributed by atoms with Gasteiger partial charge in [0.1, 0.15) is 5.82 Å². The maximum atomic E-state index is 12.7. The molecule has 1 aromatic carbocycles. The summed E-state index contributed by atoms with van der Waals surface area (Å²) in [6.07, 6.45) is -1.67. The van der Waals surface area contributed by atoms with Gasteiger partial charge >= 0.3 is 0 Å². The maximum Gasteiger partial charge on any atom is 0.182 e. The van der Waals surface area contributed by atoms with Crippen LogP contribution in [0.1, 0.15) is 11.7 Å². The first kappa shape index (κ1) is 9.13. The van der Waals surface area contributed by atoms with Crippen LogP contribution in [0.4, 0.5) is 8.78 Å². The number of rotatable bonds is 2. The van der Waals surface area contributed by atoms with Crippen LogP contribution in [0.2, 0.25) is 5.02 Å². The minimum Gasteiger partial charge on any atom is -0.300 e. The fraction of sp³-hybridized carbons (Fsp3) is 0.125. The Labute approximate surface area is 73.0 Å². The highest BCUT2D eigenvalue weighted by atomic mass is 35.5. The Bertz CT molecular complexity index is 301. The van der Waals surface area contributed by atoms with Crippen molar-refractivity contribution < 1.29 is 13.6 Å². The predicted octanol–water partition coefficient (Wildman–Crippen LogP) is 2.69. The minimum atomic E-state index is -1.78. The molecule has 1 atom stereocenters. The Kier molecular flexibility index (Phi) is 2.76. The van der Waals surface area contributed by atoms with Crippen molar-refractivity contribution in [3.8, 4) is 0 Å². The molecule has 1 rings (SSSR count). The van der Waals surface area contributed by atoms with Crippen molar-refractivity contribution in [2.24, 2.45) is 0 Å². The third-order valence-corrected chi connectivity index (χ3v) is 1.71. The van der Waals surface area contributed by atoms with Crippen LogP contribution >= 0.6 is 11.6 Å². The van der Waals surface area contributed by atoms with Crippen molar-refractivity contribution in [2.75, 3.05) is 0 Å². The molecule has 1 unspecified atom stereocenters. The molecule has 0 radical (unpaired) electrons. The molecule has 1 aromatic rings. The van der Waals surface area contributed by atoms with E-state index in [2.05, 4.69) is 0 Å². The summed E-state index contributed by atoms with van der Waals surface area (Å²) in [6.45, 7) is 0. The third-order valence-electron chi connectivity index (χ3n) is 1.38. The zero-order valence-electron chi connectivity index (χ0n) is 5.93. The average molecular weight is 191 g/mol. The van der Waals surface area contributed by atoms with Gasteiger partial charge in [-0.05, 0) is 12.1 Å². The lowest BCUT2D eigenvalue weighted by atomic mass is 10.1. The number of benzene rings is 1. The van der Waals surface area contributed by atoms with Crippen molar-refractivity contribution >= 4 is 17.9 Å². The molecule has 0 N–H and O–H groups in total. The van der Waals surface area contributed by atoms with Gasteiger partial charge < -0.3 is 0 Å². The fourth-order valence-corrected chi connectivity index (χ4v) is 1.07. The van der Waals surface area contributed by atoms with Gasteiger partial charge in [-0.2, -0.15) is 0 Å². The quantitative estimate of drug-likeness (QED) is 0.656. The number of carbonyl (C=O) groups excluding carboxylic acids is 1. The summed E-state index contributed by atoms with van der Waals surface area (Å²) in [7, 11) is 0. The summed E-state index contributed by atoms with van der Waals surface area (Å²) in [4.78, 5) is 10.0. The van der Waals surface area contributed by atoms with E-state index in [1.165, 1.54) is 0 Å². The summed E-state index contributed by atoms with van der Waals surface area (Å²) >= 11 is 5.46. The van der Waals surface area contributed by atoms with Crippen molar-refractivity contribution in [2.45, 2.75) is 6.17 Å². The van der Waals surface area contributed by atoms with Crippen molar-refractivity contribution in [3.63, 3.8) is 0 Å². The first-order valence-electron chi connectivity index (χ1n) is 3.19. The molecule has 0 saturated carbocycles. The SMILES string of the molecule is O=CC(F)c1ccc(F)cc1Cl. The highest BCUT2D eigenvalue weighted by Crippen LogP contribution is 2.24. The Hall–Kier alpha value is -0.960. The van der Waals surface area contributed by atoms with Crippen LogP contribution in [0.15, 0.2) is 18.2 Å². The van der Waals surface area contributed by atoms with Gasteiger partial charge in [-0.25, -0.2) is 8.78 Å². The van der Waals surface area contributed by atoms with Crippen molar-refractivity contribution in [1.82, 2.24) is 0 Å². The largest absolute Gasteiger partial charge is 0.300 e. The van der Waals surface area contributed by atoms with Crippen molar-refractivity contribution in [1.29, 1.82) is 0 Å². The smallest absolute Gasteiger partial charge is 0.182 e. The van der Waals surface area contributed by atoms with E-state index < -0.39 is 12.0 Å². The third kappa shape index (κ3) is 1.80. The molecule has 0 spiro atoms. The van der Waals surface area contributed by atoms with Crippen LogP contribution in [-0.4, -0.2) is 6.29 Å². The Morgan fingerprint density at radius 1 is 1.50 bits per heavy atom. The van der Waals surface area contributed by atoms with Gasteiger partial charge in [0.2, 0.25) is 0 Å². The molecule has 0 bridgehead atoms. The summed E-state index contributed by atoms with van der Waals surface area (Å²) in [5.74, 6) is -0.554. The van der Waals surface area contributed by atoms with Crippen LogP contribution in [0.3, 0.4) is 0 Å². The summed E-state index contributed by atoms with van der Waals surface area (Å²) < 4.78 is 25.1. The minimum absolute atomic E-state index is 0.00642. The molecule has 0 amide bonds. The normalized spacial score (nSPS) is 12.6. The summed E-state index contributed by atoms with van der Waals surface area (Å²) in [5, 5.41) is -0.0744. The van der Waals surface area contributed by atoms with Gasteiger partial charge in [-0.3, -0.25) is 4.79 Å². The molecule has 0 saturated heterocycles. The van der Waals surface area contributed by atoms with E-state index in [0.29, 0.717) is 0 Å². The van der Waals surface area contributed by atoms with E-state index in [0.717, 1.165) is 18.2 Å². The zero-order chi connectivity index (χ0) is 9.14. The van der Waals surface area contributed by atoms with Crippen LogP contribution in [0.5, 0.6) is 0 Å². The standard InChI is InChI=1S/C8H5ClF2O/c9-7-3-5(10)1-2-6(7)8(11)4-12/h1-4,8H. The highest BCUT2D eigenvalue weighted by Gasteiger charge is 2.12. The Morgan fingerprint density at radius 3 is 2.67 bits per heavy atom. The number of alkyl halides is 1. The monoisotopic (exact) mass is 190 g/mol. The van der Waals surface area contributed by atoms with E-state index in [1.807, 2.05) is 0 Å². The number of hydrogen-bond donors (Lipinski definition) is 0. The molecule has 0 aliphatic heterocycles. The fourth-order valence-electron chi connectivity index (χ4n) is 0.798. The van der Waals surface area contributed by atoms with Crippen LogP contribution in [0.25, 0.3) is 0 Å². The van der Waals surface area contributed by atoms with Gasteiger partial charge in [0.05, 0.1) is 5.02 Å². The highest BCUT2D eigenvalue weighted by molar-refractivity contribution is 6.31. The topological polar surface area (TPSA) is 17.1 Å². The molecule has 0 aromatic heterocycles. The maximum absolute atomic E-state index is 12.7. The molecule has 1 nitrogen and oxygen atoms in total. The van der Waals surface area contributed by atoms with Gasteiger partial charge in [-0.15, -0.1) is 0 Å². The summed E-state index contributed by atoms with van der Waals surface area (Å²) in [5.41, 5.74) is -0.00642. The second-order valence-corrected chi connectivity index (χ2v) is 2.61. The van der Waals surface area contributed by atoms with Crippen LogP contribution in [0, 0.1) is 5.82 Å². The Morgan fingerprint density at radius 2 is 2.17 bits per heavy atom. The van der Waals surface area contributed by atoms with E-state index in [-0.39, 0.29) is 16.9 Å². The van der Waals surface area contributed by atoms with Gasteiger partial charge in [0.15, 0.2) is 12.5 Å². The Balaban J connectivity index is 3.09. The molecule has 4 heteroatoms. The number of halogens is 3. The lowest BCUT2D eigenvalue weighted by Crippen LogP contribution is -1.93. The molecule has 0 aliphatic carbocycles. The van der Waals surface area contributed by atoms with Gasteiger partial charge in [-0.1, -0.05) is 17.7 Å². The lowest BCUT2D eigenvalue weighted by Gasteiger charge is -2.02. The van der Waals surface area contributed by atoms with Gasteiger partial charge in [0, 0.05) is 5.56 Å².